The van der Waals surface area contributed by atoms with Gasteiger partial charge in [-0.1, -0.05) is 19.8 Å². The Kier molecular flexibility index (Phi) is 3.88. The number of hydrogen-bond acceptors (Lipinski definition) is 4. The van der Waals surface area contributed by atoms with Crippen molar-refractivity contribution in [2.24, 2.45) is 5.41 Å². The van der Waals surface area contributed by atoms with Crippen LogP contribution in [-0.2, 0) is 10.0 Å². The highest BCUT2D eigenvalue weighted by atomic mass is 32.2. The molecule has 0 atom stereocenters. The van der Waals surface area contributed by atoms with Crippen LogP contribution in [0.2, 0.25) is 0 Å². The first-order valence-corrected chi connectivity index (χ1v) is 8.01. The SMILES string of the molecule is Cc1[nH]nc(C(=O)O)c1S(=O)(=O)NCC1(C)CCCC1. The summed E-state index contributed by atoms with van der Waals surface area (Å²) in [6.45, 7) is 3.85. The molecule has 1 aliphatic rings. The lowest BCUT2D eigenvalue weighted by molar-refractivity contribution is 0.0686. The second kappa shape index (κ2) is 5.17. The number of aromatic carboxylic acids is 1. The summed E-state index contributed by atoms with van der Waals surface area (Å²) in [5.41, 5.74) is -0.285. The number of rotatable bonds is 5. The molecule has 0 aliphatic heterocycles. The second-order valence-corrected chi connectivity index (χ2v) is 7.38. The normalized spacial score (nSPS) is 18.3. The third-order valence-corrected chi connectivity index (χ3v) is 5.42. The van der Waals surface area contributed by atoms with Crippen molar-refractivity contribution in [2.75, 3.05) is 6.54 Å². The zero-order valence-corrected chi connectivity index (χ0v) is 12.4. The molecule has 3 N–H and O–H groups in total. The highest BCUT2D eigenvalue weighted by Crippen LogP contribution is 2.37. The molecule has 1 aromatic heterocycles. The third kappa shape index (κ3) is 2.85. The van der Waals surface area contributed by atoms with Gasteiger partial charge in [-0.3, -0.25) is 5.10 Å². The number of H-pyrrole nitrogens is 1. The number of aromatic amines is 1. The number of nitrogens with one attached hydrogen (secondary N) is 2. The zero-order chi connectivity index (χ0) is 15.0. The summed E-state index contributed by atoms with van der Waals surface area (Å²) >= 11 is 0. The maximum atomic E-state index is 12.3. The van der Waals surface area contributed by atoms with Crippen LogP contribution in [-0.4, -0.2) is 36.2 Å². The summed E-state index contributed by atoms with van der Waals surface area (Å²) in [6, 6.07) is 0. The molecule has 20 heavy (non-hydrogen) atoms. The molecule has 0 saturated heterocycles. The molecular weight excluding hydrogens is 282 g/mol. The van der Waals surface area contributed by atoms with Gasteiger partial charge in [-0.25, -0.2) is 17.9 Å². The van der Waals surface area contributed by atoms with Crippen molar-refractivity contribution in [1.82, 2.24) is 14.9 Å². The maximum Gasteiger partial charge on any atom is 0.357 e. The van der Waals surface area contributed by atoms with Crippen LogP contribution in [0.25, 0.3) is 0 Å². The minimum absolute atomic E-state index is 0.0475. The van der Waals surface area contributed by atoms with Crippen LogP contribution >= 0.6 is 0 Å². The predicted octanol–water partition coefficient (Wildman–Crippen LogP) is 1.27. The van der Waals surface area contributed by atoms with E-state index in [0.29, 0.717) is 6.54 Å². The van der Waals surface area contributed by atoms with Crippen LogP contribution in [0.3, 0.4) is 0 Å². The first-order valence-electron chi connectivity index (χ1n) is 6.53. The first-order chi connectivity index (χ1) is 9.25. The van der Waals surface area contributed by atoms with E-state index in [4.69, 9.17) is 5.11 Å². The number of carbonyl (C=O) groups is 1. The van der Waals surface area contributed by atoms with E-state index < -0.39 is 21.7 Å². The van der Waals surface area contributed by atoms with Crippen LogP contribution < -0.4 is 4.72 Å². The molecule has 0 amide bonds. The van der Waals surface area contributed by atoms with Crippen molar-refractivity contribution < 1.29 is 18.3 Å². The predicted molar refractivity (Wildman–Crippen MR) is 72.0 cm³/mol. The van der Waals surface area contributed by atoms with Gasteiger partial charge < -0.3 is 5.11 Å². The molecule has 1 aliphatic carbocycles. The molecule has 0 aromatic carbocycles. The molecule has 1 fully saturated rings. The fraction of sp³-hybridized carbons (Fsp3) is 0.667. The van der Waals surface area contributed by atoms with E-state index >= 15 is 0 Å². The fourth-order valence-electron chi connectivity index (χ4n) is 2.64. The summed E-state index contributed by atoms with van der Waals surface area (Å²) in [5, 5.41) is 14.9. The molecule has 1 saturated carbocycles. The van der Waals surface area contributed by atoms with E-state index in [0.717, 1.165) is 25.7 Å². The van der Waals surface area contributed by atoms with Gasteiger partial charge in [0.15, 0.2) is 5.69 Å². The average molecular weight is 301 g/mol. The number of hydrogen-bond donors (Lipinski definition) is 3. The number of nitrogens with zero attached hydrogens (tertiary/aromatic N) is 1. The van der Waals surface area contributed by atoms with Crippen LogP contribution in [0.4, 0.5) is 0 Å². The topological polar surface area (TPSA) is 112 Å². The largest absolute Gasteiger partial charge is 0.476 e. The Balaban J connectivity index is 2.22. The van der Waals surface area contributed by atoms with Gasteiger partial charge in [0, 0.05) is 6.54 Å². The molecule has 1 heterocycles. The molecule has 0 radical (unpaired) electrons. The third-order valence-electron chi connectivity index (χ3n) is 3.86. The Morgan fingerprint density at radius 1 is 1.45 bits per heavy atom. The smallest absolute Gasteiger partial charge is 0.357 e. The summed E-state index contributed by atoms with van der Waals surface area (Å²) < 4.78 is 27.1. The number of sulfonamides is 1. The van der Waals surface area contributed by atoms with Crippen LogP contribution in [0.15, 0.2) is 4.90 Å². The van der Waals surface area contributed by atoms with Gasteiger partial charge in [-0.15, -0.1) is 0 Å². The number of aromatic nitrogens is 2. The second-order valence-electron chi connectivity index (χ2n) is 5.67. The Morgan fingerprint density at radius 3 is 2.60 bits per heavy atom. The summed E-state index contributed by atoms with van der Waals surface area (Å²) in [7, 11) is -3.87. The average Bonchev–Trinajstić information content (AvgIpc) is 2.94. The Morgan fingerprint density at radius 2 is 2.05 bits per heavy atom. The van der Waals surface area contributed by atoms with E-state index in [1.807, 2.05) is 6.92 Å². The lowest BCUT2D eigenvalue weighted by Crippen LogP contribution is -2.34. The van der Waals surface area contributed by atoms with Crippen molar-refractivity contribution in [3.05, 3.63) is 11.4 Å². The van der Waals surface area contributed by atoms with E-state index in [9.17, 15) is 13.2 Å². The molecule has 8 heteroatoms. The van der Waals surface area contributed by atoms with Gasteiger partial charge in [-0.2, -0.15) is 5.10 Å². The standard InChI is InChI=1S/C12H19N3O4S/c1-8-10(9(11(16)17)15-14-8)20(18,19)13-7-12(2)5-3-4-6-12/h13H,3-7H2,1-2H3,(H,14,15)(H,16,17). The minimum atomic E-state index is -3.87. The van der Waals surface area contributed by atoms with Gasteiger partial charge >= 0.3 is 5.97 Å². The monoisotopic (exact) mass is 301 g/mol. The van der Waals surface area contributed by atoms with Crippen molar-refractivity contribution in [3.63, 3.8) is 0 Å². The van der Waals surface area contributed by atoms with E-state index in [1.54, 1.807) is 0 Å². The van der Waals surface area contributed by atoms with Crippen LogP contribution in [0.1, 0.15) is 48.8 Å². The van der Waals surface area contributed by atoms with Gasteiger partial charge in [0.2, 0.25) is 10.0 Å². The van der Waals surface area contributed by atoms with Gasteiger partial charge in [-0.05, 0) is 25.2 Å². The van der Waals surface area contributed by atoms with Gasteiger partial charge in [0.25, 0.3) is 0 Å². The maximum absolute atomic E-state index is 12.3. The Labute approximate surface area is 117 Å². The lowest BCUT2D eigenvalue weighted by Gasteiger charge is -2.23. The highest BCUT2D eigenvalue weighted by molar-refractivity contribution is 7.89. The number of aryl methyl sites for hydroxylation is 1. The Hall–Kier alpha value is -1.41. The quantitative estimate of drug-likeness (QED) is 0.758. The molecule has 0 spiro atoms. The van der Waals surface area contributed by atoms with Crippen LogP contribution in [0.5, 0.6) is 0 Å². The number of carboxylic acids is 1. The molecule has 1 aromatic rings. The fourth-order valence-corrected chi connectivity index (χ4v) is 4.16. The van der Waals surface area contributed by atoms with Crippen LogP contribution in [0, 0.1) is 12.3 Å². The summed E-state index contributed by atoms with van der Waals surface area (Å²) in [6.07, 6.45) is 4.16. The molecule has 2 rings (SSSR count). The summed E-state index contributed by atoms with van der Waals surface area (Å²) in [5.74, 6) is -1.36. The first kappa shape index (κ1) is 15.0. The van der Waals surface area contributed by atoms with Crippen molar-refractivity contribution >= 4 is 16.0 Å². The minimum Gasteiger partial charge on any atom is -0.476 e. The van der Waals surface area contributed by atoms with Gasteiger partial charge in [0.1, 0.15) is 4.90 Å². The van der Waals surface area contributed by atoms with Crippen molar-refractivity contribution in [1.29, 1.82) is 0 Å². The van der Waals surface area contributed by atoms with Gasteiger partial charge in [0.05, 0.1) is 5.69 Å². The highest BCUT2D eigenvalue weighted by Gasteiger charge is 2.33. The van der Waals surface area contributed by atoms with E-state index in [-0.39, 0.29) is 16.0 Å². The van der Waals surface area contributed by atoms with Crippen molar-refractivity contribution in [2.45, 2.75) is 44.4 Å². The lowest BCUT2D eigenvalue weighted by atomic mass is 9.89. The Bertz CT molecular complexity index is 615. The van der Waals surface area contributed by atoms with E-state index in [1.165, 1.54) is 6.92 Å². The zero-order valence-electron chi connectivity index (χ0n) is 11.6. The van der Waals surface area contributed by atoms with E-state index in [2.05, 4.69) is 14.9 Å². The molecule has 7 nitrogen and oxygen atoms in total. The molecular formula is C12H19N3O4S. The van der Waals surface area contributed by atoms with Crippen molar-refractivity contribution in [3.8, 4) is 0 Å². The number of carboxylic acid groups (broad SMARTS) is 1. The molecule has 0 unspecified atom stereocenters. The molecule has 112 valence electrons. The molecule has 0 bridgehead atoms. The summed E-state index contributed by atoms with van der Waals surface area (Å²) in [4.78, 5) is 10.8.